The van der Waals surface area contributed by atoms with Gasteiger partial charge in [0.1, 0.15) is 11.9 Å². The largest absolute Gasteiger partial charge is 0.468 e. The minimum absolute atomic E-state index is 0.277. The Labute approximate surface area is 112 Å². The first-order chi connectivity index (χ1) is 8.04. The highest BCUT2D eigenvalue weighted by Crippen LogP contribution is 2.22. The molecule has 0 amide bonds. The van der Waals surface area contributed by atoms with Crippen molar-refractivity contribution in [2.75, 3.05) is 12.9 Å². The monoisotopic (exact) mass is 321 g/mol. The van der Waals surface area contributed by atoms with Crippen molar-refractivity contribution in [3.05, 3.63) is 34.1 Å². The van der Waals surface area contributed by atoms with Crippen LogP contribution in [0.3, 0.4) is 0 Å². The Bertz CT molecular complexity index is 403. The van der Waals surface area contributed by atoms with E-state index in [9.17, 15) is 9.18 Å². The molecule has 0 saturated heterocycles. The average molecular weight is 322 g/mol. The summed E-state index contributed by atoms with van der Waals surface area (Å²) in [6, 6.07) is 3.86. The summed E-state index contributed by atoms with van der Waals surface area (Å²) in [6.45, 7) is 0. The lowest BCUT2D eigenvalue weighted by molar-refractivity contribution is -0.141. The van der Waals surface area contributed by atoms with Crippen LogP contribution in [0.5, 0.6) is 0 Å². The van der Waals surface area contributed by atoms with Gasteiger partial charge in [0.2, 0.25) is 0 Å². The number of benzene rings is 1. The number of ether oxygens (including phenoxy) is 1. The molecular formula is C11H13BrFNO2S. The summed E-state index contributed by atoms with van der Waals surface area (Å²) in [4.78, 5) is 11.0. The number of esters is 1. The standard InChI is InChI=1S/C11H13BrFNO2S/c1-16-11(15)10(14)6-17-5-7-4-8(13)2-3-9(7)12/h2-4,10H,5-6,14H2,1H3. The van der Waals surface area contributed by atoms with Crippen LogP contribution in [0.2, 0.25) is 0 Å². The molecule has 1 aromatic rings. The van der Waals surface area contributed by atoms with Crippen molar-refractivity contribution in [3.63, 3.8) is 0 Å². The Balaban J connectivity index is 2.45. The SMILES string of the molecule is COC(=O)C(N)CSCc1cc(F)ccc1Br. The molecular weight excluding hydrogens is 309 g/mol. The molecule has 0 aliphatic rings. The summed E-state index contributed by atoms with van der Waals surface area (Å²) in [7, 11) is 1.30. The molecule has 0 aromatic heterocycles. The number of carbonyl (C=O) groups is 1. The van der Waals surface area contributed by atoms with Gasteiger partial charge in [0.05, 0.1) is 7.11 Å². The van der Waals surface area contributed by atoms with Crippen LogP contribution in [0, 0.1) is 5.82 Å². The zero-order chi connectivity index (χ0) is 12.8. The lowest BCUT2D eigenvalue weighted by Gasteiger charge is -2.09. The van der Waals surface area contributed by atoms with Crippen LogP contribution in [-0.4, -0.2) is 24.9 Å². The lowest BCUT2D eigenvalue weighted by atomic mass is 10.2. The summed E-state index contributed by atoms with van der Waals surface area (Å²) in [5.74, 6) is 0.315. The van der Waals surface area contributed by atoms with Gasteiger partial charge in [-0.3, -0.25) is 4.79 Å². The van der Waals surface area contributed by atoms with Crippen molar-refractivity contribution in [2.24, 2.45) is 5.73 Å². The molecule has 0 spiro atoms. The molecule has 3 nitrogen and oxygen atoms in total. The van der Waals surface area contributed by atoms with Crippen LogP contribution in [-0.2, 0) is 15.3 Å². The maximum absolute atomic E-state index is 13.0. The predicted molar refractivity (Wildman–Crippen MR) is 70.3 cm³/mol. The van der Waals surface area contributed by atoms with Crippen LogP contribution in [0.25, 0.3) is 0 Å². The van der Waals surface area contributed by atoms with E-state index in [1.54, 1.807) is 6.07 Å². The van der Waals surface area contributed by atoms with Crippen molar-refractivity contribution < 1.29 is 13.9 Å². The van der Waals surface area contributed by atoms with Gasteiger partial charge in [0, 0.05) is 16.0 Å². The van der Waals surface area contributed by atoms with Gasteiger partial charge in [0.25, 0.3) is 0 Å². The van der Waals surface area contributed by atoms with Gasteiger partial charge in [-0.05, 0) is 23.8 Å². The van der Waals surface area contributed by atoms with E-state index in [2.05, 4.69) is 20.7 Å². The van der Waals surface area contributed by atoms with E-state index >= 15 is 0 Å². The fourth-order valence-electron chi connectivity index (χ4n) is 1.17. The van der Waals surface area contributed by atoms with Crippen molar-refractivity contribution in [2.45, 2.75) is 11.8 Å². The van der Waals surface area contributed by atoms with Gasteiger partial charge in [-0.15, -0.1) is 0 Å². The molecule has 1 rings (SSSR count). The van der Waals surface area contributed by atoms with Crippen molar-refractivity contribution in [3.8, 4) is 0 Å². The van der Waals surface area contributed by atoms with Gasteiger partial charge in [-0.1, -0.05) is 15.9 Å². The molecule has 17 heavy (non-hydrogen) atoms. The van der Waals surface area contributed by atoms with E-state index in [1.807, 2.05) is 0 Å². The summed E-state index contributed by atoms with van der Waals surface area (Å²) in [5.41, 5.74) is 6.42. The molecule has 0 aliphatic heterocycles. The Morgan fingerprint density at radius 1 is 1.65 bits per heavy atom. The molecule has 6 heteroatoms. The molecule has 1 unspecified atom stereocenters. The van der Waals surface area contributed by atoms with Crippen molar-refractivity contribution >= 4 is 33.7 Å². The normalized spacial score (nSPS) is 12.2. The number of methoxy groups -OCH3 is 1. The second-order valence-corrected chi connectivity index (χ2v) is 5.27. The summed E-state index contributed by atoms with van der Waals surface area (Å²) in [6.07, 6.45) is 0. The lowest BCUT2D eigenvalue weighted by Crippen LogP contribution is -2.33. The van der Waals surface area contributed by atoms with Gasteiger partial charge < -0.3 is 10.5 Å². The van der Waals surface area contributed by atoms with E-state index in [4.69, 9.17) is 5.73 Å². The van der Waals surface area contributed by atoms with Gasteiger partial charge in [0.15, 0.2) is 0 Å². The Kier molecular flexibility index (Phi) is 5.94. The Morgan fingerprint density at radius 2 is 2.35 bits per heavy atom. The van der Waals surface area contributed by atoms with E-state index in [-0.39, 0.29) is 5.82 Å². The first-order valence-electron chi connectivity index (χ1n) is 4.89. The summed E-state index contributed by atoms with van der Waals surface area (Å²) in [5, 5.41) is 0. The third kappa shape index (κ3) is 4.65. The third-order valence-corrected chi connectivity index (χ3v) is 3.95. The highest BCUT2D eigenvalue weighted by Gasteiger charge is 2.13. The number of hydrogen-bond donors (Lipinski definition) is 1. The highest BCUT2D eigenvalue weighted by atomic mass is 79.9. The molecule has 2 N–H and O–H groups in total. The third-order valence-electron chi connectivity index (χ3n) is 2.07. The Hall–Kier alpha value is -0.590. The molecule has 1 atom stereocenters. The van der Waals surface area contributed by atoms with Crippen molar-refractivity contribution in [1.82, 2.24) is 0 Å². The van der Waals surface area contributed by atoms with Crippen LogP contribution in [0.4, 0.5) is 4.39 Å². The maximum Gasteiger partial charge on any atom is 0.323 e. The fourth-order valence-corrected chi connectivity index (χ4v) is 2.71. The number of thioether (sulfide) groups is 1. The maximum atomic E-state index is 13.0. The fraction of sp³-hybridized carbons (Fsp3) is 0.364. The number of rotatable bonds is 5. The van der Waals surface area contributed by atoms with Gasteiger partial charge in [-0.25, -0.2) is 4.39 Å². The number of carbonyl (C=O) groups excluding carboxylic acids is 1. The smallest absolute Gasteiger partial charge is 0.323 e. The van der Waals surface area contributed by atoms with Gasteiger partial charge >= 0.3 is 5.97 Å². The highest BCUT2D eigenvalue weighted by molar-refractivity contribution is 9.10. The molecule has 0 saturated carbocycles. The molecule has 0 bridgehead atoms. The molecule has 0 heterocycles. The first kappa shape index (κ1) is 14.5. The predicted octanol–water partition coefficient (Wildman–Crippen LogP) is 2.32. The van der Waals surface area contributed by atoms with E-state index in [1.165, 1.54) is 31.0 Å². The van der Waals surface area contributed by atoms with Gasteiger partial charge in [-0.2, -0.15) is 11.8 Å². The van der Waals surface area contributed by atoms with Crippen LogP contribution in [0.1, 0.15) is 5.56 Å². The number of hydrogen-bond acceptors (Lipinski definition) is 4. The number of halogens is 2. The van der Waals surface area contributed by atoms with Crippen LogP contribution in [0.15, 0.2) is 22.7 Å². The summed E-state index contributed by atoms with van der Waals surface area (Å²) < 4.78 is 18.3. The minimum Gasteiger partial charge on any atom is -0.468 e. The van der Waals surface area contributed by atoms with E-state index < -0.39 is 12.0 Å². The average Bonchev–Trinajstić information content (AvgIpc) is 2.32. The van der Waals surface area contributed by atoms with E-state index in [0.717, 1.165) is 10.0 Å². The van der Waals surface area contributed by atoms with Crippen LogP contribution < -0.4 is 5.73 Å². The molecule has 1 aromatic carbocycles. The second-order valence-electron chi connectivity index (χ2n) is 3.38. The van der Waals surface area contributed by atoms with E-state index in [0.29, 0.717) is 11.5 Å². The minimum atomic E-state index is -0.641. The molecule has 0 radical (unpaired) electrons. The van der Waals surface area contributed by atoms with Crippen LogP contribution >= 0.6 is 27.7 Å². The zero-order valence-electron chi connectivity index (χ0n) is 9.28. The quantitative estimate of drug-likeness (QED) is 0.846. The molecule has 0 fully saturated rings. The molecule has 94 valence electrons. The zero-order valence-corrected chi connectivity index (χ0v) is 11.7. The van der Waals surface area contributed by atoms with Crippen molar-refractivity contribution in [1.29, 1.82) is 0 Å². The topological polar surface area (TPSA) is 52.3 Å². The number of nitrogens with two attached hydrogens (primary N) is 1. The molecule has 0 aliphatic carbocycles. The second kappa shape index (κ2) is 6.98. The summed E-state index contributed by atoms with van der Waals surface area (Å²) >= 11 is 4.80. The first-order valence-corrected chi connectivity index (χ1v) is 6.84. The Morgan fingerprint density at radius 3 is 3.00 bits per heavy atom.